The van der Waals surface area contributed by atoms with E-state index in [-0.39, 0.29) is 5.76 Å². The van der Waals surface area contributed by atoms with Crippen LogP contribution in [0.1, 0.15) is 44.8 Å². The lowest BCUT2D eigenvalue weighted by Crippen LogP contribution is -2.65. The van der Waals surface area contributed by atoms with E-state index in [0.29, 0.717) is 12.1 Å². The molecule has 0 amide bonds. The van der Waals surface area contributed by atoms with Crippen molar-refractivity contribution >= 4 is 15.8 Å². The Labute approximate surface area is 106 Å². The Morgan fingerprint density at radius 1 is 1.39 bits per heavy atom. The molecule has 2 N–H and O–H groups in total. The maximum Gasteiger partial charge on any atom is 0.328 e. The summed E-state index contributed by atoms with van der Waals surface area (Å²) >= 11 is 0. The van der Waals surface area contributed by atoms with Crippen LogP contribution in [0, 0.1) is 5.21 Å². The van der Waals surface area contributed by atoms with Gasteiger partial charge in [0.25, 0.3) is 0 Å². The number of nitrogens with one attached hydrogen (secondary N) is 1. The molecule has 1 heterocycles. The van der Waals surface area contributed by atoms with Crippen LogP contribution in [0.5, 0.6) is 0 Å². The van der Waals surface area contributed by atoms with E-state index in [1.807, 2.05) is 0 Å². The van der Waals surface area contributed by atoms with Crippen molar-refractivity contribution in [2.75, 3.05) is 0 Å². The van der Waals surface area contributed by atoms with Crippen LogP contribution in [0.3, 0.4) is 0 Å². The van der Waals surface area contributed by atoms with Crippen LogP contribution in [-0.4, -0.2) is 18.7 Å². The first-order valence-corrected chi connectivity index (χ1v) is 7.24. The van der Waals surface area contributed by atoms with E-state index in [9.17, 15) is 13.6 Å². The predicted molar refractivity (Wildman–Crippen MR) is 65.7 cm³/mol. The van der Waals surface area contributed by atoms with Crippen molar-refractivity contribution in [2.45, 2.75) is 44.1 Å². The fourth-order valence-electron chi connectivity index (χ4n) is 1.57. The Bertz CT molecular complexity index is 503. The Morgan fingerprint density at radius 2 is 2.11 bits per heavy atom. The summed E-state index contributed by atoms with van der Waals surface area (Å²) in [5.41, 5.74) is 0.293. The highest BCUT2D eigenvalue weighted by Crippen LogP contribution is 2.15. The molecule has 0 saturated carbocycles. The van der Waals surface area contributed by atoms with Crippen LogP contribution in [0.4, 0.5) is 0 Å². The third-order valence-corrected chi connectivity index (χ3v) is 3.26. The van der Waals surface area contributed by atoms with Gasteiger partial charge in [0, 0.05) is 6.42 Å². The van der Waals surface area contributed by atoms with Crippen LogP contribution in [-0.2, 0) is 10.1 Å². The highest BCUT2D eigenvalue weighted by atomic mass is 32.2. The zero-order valence-corrected chi connectivity index (χ0v) is 11.0. The van der Waals surface area contributed by atoms with Gasteiger partial charge in [0.1, 0.15) is 0 Å². The van der Waals surface area contributed by atoms with Crippen molar-refractivity contribution in [3.05, 3.63) is 23.1 Å². The summed E-state index contributed by atoms with van der Waals surface area (Å²) in [7, 11) is -4.36. The molecule has 0 aromatic carbocycles. The third-order valence-electron chi connectivity index (χ3n) is 2.54. The summed E-state index contributed by atoms with van der Waals surface area (Å²) in [6.07, 6.45) is 4.48. The molecule has 0 aliphatic heterocycles. The summed E-state index contributed by atoms with van der Waals surface area (Å²) in [6.45, 7) is 2.08. The molecule has 0 saturated heterocycles. The predicted octanol–water partition coefficient (Wildman–Crippen LogP) is 0.864. The quantitative estimate of drug-likeness (QED) is 0.252. The van der Waals surface area contributed by atoms with Gasteiger partial charge in [0.05, 0.1) is 0 Å². The van der Waals surface area contributed by atoms with Gasteiger partial charge in [-0.2, -0.15) is 8.42 Å². The van der Waals surface area contributed by atoms with Crippen molar-refractivity contribution in [2.24, 2.45) is 0 Å². The molecule has 18 heavy (non-hydrogen) atoms. The molecule has 1 aromatic heterocycles. The van der Waals surface area contributed by atoms with Gasteiger partial charge in [-0.15, -0.1) is 0 Å². The van der Waals surface area contributed by atoms with Crippen LogP contribution >= 0.6 is 0 Å². The van der Waals surface area contributed by atoms with E-state index in [4.69, 9.17) is 8.97 Å². The molecule has 7 heteroatoms. The van der Waals surface area contributed by atoms with Crippen LogP contribution in [0.15, 0.2) is 21.6 Å². The number of hydrogen-bond donors (Lipinski definition) is 2. The number of furan rings is 1. The minimum absolute atomic E-state index is 0.147. The number of hydrogen-bond acceptors (Lipinski definition) is 4. The number of unbranched alkanes of at least 4 members (excludes halogenated alkanes) is 3. The zero-order chi connectivity index (χ0) is 13.6. The van der Waals surface area contributed by atoms with Gasteiger partial charge in [-0.1, -0.05) is 26.2 Å². The Kier molecular flexibility index (Phi) is 5.36. The average molecular weight is 275 g/mol. The monoisotopic (exact) mass is 275 g/mol. The fraction of sp³-hybridized carbons (Fsp3) is 0.545. The average Bonchev–Trinajstić information content (AvgIpc) is 2.78. The summed E-state index contributed by atoms with van der Waals surface area (Å²) in [5.74, 6) is 0.147. The van der Waals surface area contributed by atoms with Crippen LogP contribution in [0.25, 0.3) is 0 Å². The van der Waals surface area contributed by atoms with Gasteiger partial charge in [-0.25, -0.2) is 5.16 Å². The minimum atomic E-state index is -4.36. The lowest BCUT2D eigenvalue weighted by Gasteiger charge is -1.99. The number of rotatable bonds is 7. The molecule has 0 atom stereocenters. The molecule has 102 valence electrons. The first kappa shape index (κ1) is 14.7. The molecule has 0 aliphatic rings. The Hall–Kier alpha value is -1.34. The van der Waals surface area contributed by atoms with Crippen molar-refractivity contribution in [3.63, 3.8) is 0 Å². The zero-order valence-electron chi connectivity index (χ0n) is 10.2. The largest absolute Gasteiger partial charge is 0.625 e. The lowest BCUT2D eigenvalue weighted by molar-refractivity contribution is -0.374. The highest BCUT2D eigenvalue weighted by molar-refractivity contribution is 7.85. The van der Waals surface area contributed by atoms with E-state index in [1.54, 1.807) is 5.16 Å². The first-order valence-electron chi connectivity index (χ1n) is 5.80. The normalized spacial score (nSPS) is 12.9. The third kappa shape index (κ3) is 4.15. The van der Waals surface area contributed by atoms with Crippen molar-refractivity contribution < 1.29 is 22.5 Å². The summed E-state index contributed by atoms with van der Waals surface area (Å²) in [6, 6.07) is 2.47. The molecule has 0 fully saturated rings. The van der Waals surface area contributed by atoms with Crippen molar-refractivity contribution in [3.8, 4) is 0 Å². The SMILES string of the molecule is CCCCCCC(=[NH+][O-])c1ccc(S(=O)(=O)O)o1. The molecule has 0 unspecified atom stereocenters. The van der Waals surface area contributed by atoms with Gasteiger partial charge in [-0.3, -0.25) is 4.55 Å². The van der Waals surface area contributed by atoms with Crippen LogP contribution < -0.4 is 5.16 Å². The maximum absolute atomic E-state index is 10.8. The van der Waals surface area contributed by atoms with Crippen molar-refractivity contribution in [1.82, 2.24) is 0 Å². The van der Waals surface area contributed by atoms with Gasteiger partial charge >= 0.3 is 10.1 Å². The maximum atomic E-state index is 10.8. The molecular formula is C11H17NO5S. The van der Waals surface area contributed by atoms with Gasteiger partial charge in [0.15, 0.2) is 5.76 Å². The molecule has 1 rings (SSSR count). The molecule has 0 spiro atoms. The lowest BCUT2D eigenvalue weighted by atomic mass is 10.1. The summed E-state index contributed by atoms with van der Waals surface area (Å²) < 4.78 is 35.3. The van der Waals surface area contributed by atoms with Gasteiger partial charge in [0.2, 0.25) is 10.8 Å². The second-order valence-corrected chi connectivity index (χ2v) is 5.34. The second-order valence-electron chi connectivity index (χ2n) is 3.99. The molecular weight excluding hydrogens is 258 g/mol. The topological polar surface area (TPSA) is 105 Å². The van der Waals surface area contributed by atoms with Gasteiger partial charge in [-0.05, 0) is 18.6 Å². The van der Waals surface area contributed by atoms with E-state index in [1.165, 1.54) is 6.07 Å². The van der Waals surface area contributed by atoms with E-state index < -0.39 is 15.2 Å². The molecule has 6 nitrogen and oxygen atoms in total. The standard InChI is InChI=1S/C11H17NO5S/c1-2-3-4-5-6-9(12-13)10-7-8-11(17-10)18(14,15)16/h7-8,12H,2-6H2,1H3,(H-,13,14,15,16). The molecule has 0 aliphatic carbocycles. The Balaban J connectivity index is 2.69. The molecule has 0 bridgehead atoms. The van der Waals surface area contributed by atoms with E-state index in [0.717, 1.165) is 31.7 Å². The molecule has 0 radical (unpaired) electrons. The van der Waals surface area contributed by atoms with E-state index >= 15 is 0 Å². The van der Waals surface area contributed by atoms with E-state index in [2.05, 4.69) is 6.92 Å². The summed E-state index contributed by atoms with van der Waals surface area (Å²) in [4.78, 5) is 0. The molecule has 1 aromatic rings. The summed E-state index contributed by atoms with van der Waals surface area (Å²) in [5, 5.41) is 12.0. The van der Waals surface area contributed by atoms with Crippen molar-refractivity contribution in [1.29, 1.82) is 0 Å². The fourth-order valence-corrected chi connectivity index (χ4v) is 2.01. The second kappa shape index (κ2) is 6.55. The van der Waals surface area contributed by atoms with Crippen LogP contribution in [0.2, 0.25) is 0 Å². The minimum Gasteiger partial charge on any atom is -0.625 e. The van der Waals surface area contributed by atoms with Gasteiger partial charge < -0.3 is 9.62 Å². The Morgan fingerprint density at radius 3 is 2.61 bits per heavy atom. The highest BCUT2D eigenvalue weighted by Gasteiger charge is 2.19. The first-order chi connectivity index (χ1) is 8.49. The smallest absolute Gasteiger partial charge is 0.328 e.